The van der Waals surface area contributed by atoms with E-state index in [1.807, 2.05) is 0 Å². The largest absolute Gasteiger partial charge is 0.313 e. The molecule has 2 rings (SSSR count). The zero-order chi connectivity index (χ0) is 11.1. The maximum atomic E-state index is 3.66. The van der Waals surface area contributed by atoms with Crippen LogP contribution in [0.25, 0.3) is 0 Å². The van der Waals surface area contributed by atoms with Gasteiger partial charge in [0.25, 0.3) is 0 Å². The van der Waals surface area contributed by atoms with Gasteiger partial charge >= 0.3 is 0 Å². The van der Waals surface area contributed by atoms with E-state index in [4.69, 9.17) is 0 Å². The van der Waals surface area contributed by atoms with Gasteiger partial charge in [-0.15, -0.1) is 0 Å². The third-order valence-corrected chi connectivity index (χ3v) is 4.03. The molecule has 1 aromatic rings. The molecule has 0 bridgehead atoms. The first-order valence-electron chi connectivity index (χ1n) is 5.48. The molecule has 0 fully saturated rings. The number of hydrogen-bond acceptors (Lipinski definition) is 1. The topological polar surface area (TPSA) is 12.0 Å². The van der Waals surface area contributed by atoms with Crippen LogP contribution in [0.5, 0.6) is 0 Å². The van der Waals surface area contributed by atoms with Crippen molar-refractivity contribution in [2.24, 2.45) is 5.41 Å². The van der Waals surface area contributed by atoms with E-state index in [-0.39, 0.29) is 0 Å². The summed E-state index contributed by atoms with van der Waals surface area (Å²) in [4.78, 5) is 0. The lowest BCUT2D eigenvalue weighted by Crippen LogP contribution is -2.31. The molecule has 0 aromatic heterocycles. The Kier molecular flexibility index (Phi) is 2.91. The van der Waals surface area contributed by atoms with Crippen LogP contribution in [0.3, 0.4) is 0 Å². The van der Waals surface area contributed by atoms with Crippen molar-refractivity contribution in [1.82, 2.24) is 5.32 Å². The quantitative estimate of drug-likeness (QED) is 0.819. The van der Waals surface area contributed by atoms with Gasteiger partial charge in [-0.3, -0.25) is 0 Å². The van der Waals surface area contributed by atoms with Crippen LogP contribution < -0.4 is 5.32 Å². The molecule has 82 valence electrons. The second-order valence-electron chi connectivity index (χ2n) is 5.19. The highest BCUT2D eigenvalue weighted by molar-refractivity contribution is 9.10. The highest BCUT2D eigenvalue weighted by Crippen LogP contribution is 2.42. The molecular weight excluding hydrogens is 250 g/mol. The normalized spacial score (nSPS) is 23.6. The molecule has 1 aliphatic carbocycles. The number of halogens is 1. The molecule has 15 heavy (non-hydrogen) atoms. The molecule has 1 nitrogen and oxygen atoms in total. The van der Waals surface area contributed by atoms with Crippen LogP contribution in [0.4, 0.5) is 0 Å². The Labute approximate surface area is 100 Å². The molecule has 1 unspecified atom stereocenters. The van der Waals surface area contributed by atoms with E-state index < -0.39 is 0 Å². The molecule has 0 spiro atoms. The van der Waals surface area contributed by atoms with Crippen molar-refractivity contribution >= 4 is 15.9 Å². The summed E-state index contributed by atoms with van der Waals surface area (Å²) in [7, 11) is 2.05. The van der Waals surface area contributed by atoms with E-state index in [1.165, 1.54) is 28.4 Å². The maximum absolute atomic E-state index is 3.66. The summed E-state index contributed by atoms with van der Waals surface area (Å²) in [6.45, 7) is 4.69. The Morgan fingerprint density at radius 3 is 2.80 bits per heavy atom. The van der Waals surface area contributed by atoms with Crippen molar-refractivity contribution in [3.63, 3.8) is 0 Å². The Morgan fingerprint density at radius 2 is 2.13 bits per heavy atom. The van der Waals surface area contributed by atoms with Crippen molar-refractivity contribution in [2.45, 2.75) is 32.7 Å². The van der Waals surface area contributed by atoms with Crippen LogP contribution in [0.15, 0.2) is 22.7 Å². The van der Waals surface area contributed by atoms with Crippen LogP contribution in [-0.4, -0.2) is 7.05 Å². The van der Waals surface area contributed by atoms with Gasteiger partial charge in [0.05, 0.1) is 0 Å². The van der Waals surface area contributed by atoms with Crippen molar-refractivity contribution in [3.05, 3.63) is 33.8 Å². The van der Waals surface area contributed by atoms with E-state index >= 15 is 0 Å². The minimum absolute atomic E-state index is 0.393. The van der Waals surface area contributed by atoms with E-state index in [0.717, 1.165) is 0 Å². The molecule has 0 radical (unpaired) electrons. The zero-order valence-electron chi connectivity index (χ0n) is 9.60. The first-order chi connectivity index (χ1) is 7.03. The molecule has 1 aromatic carbocycles. The second kappa shape index (κ2) is 3.91. The first-order valence-corrected chi connectivity index (χ1v) is 6.27. The number of hydrogen-bond donors (Lipinski definition) is 1. The standard InChI is InChI=1S/C13H18BrN/c1-13(2)7-10-9(12(8-13)15-3)5-4-6-11(10)14/h4-6,12,15H,7-8H2,1-3H3. The Morgan fingerprint density at radius 1 is 1.40 bits per heavy atom. The molecule has 1 atom stereocenters. The summed E-state index contributed by atoms with van der Waals surface area (Å²) in [6.07, 6.45) is 2.38. The Hall–Kier alpha value is -0.340. The fourth-order valence-electron chi connectivity index (χ4n) is 2.56. The fraction of sp³-hybridized carbons (Fsp3) is 0.538. The van der Waals surface area contributed by atoms with Crippen LogP contribution in [0.1, 0.15) is 37.4 Å². The molecule has 0 saturated carbocycles. The first kappa shape index (κ1) is 11.2. The lowest BCUT2D eigenvalue weighted by molar-refractivity contribution is 0.264. The lowest BCUT2D eigenvalue weighted by atomic mass is 9.72. The third-order valence-electron chi connectivity index (χ3n) is 3.29. The van der Waals surface area contributed by atoms with Crippen LogP contribution in [0.2, 0.25) is 0 Å². The average molecular weight is 268 g/mol. The van der Waals surface area contributed by atoms with Crippen LogP contribution in [-0.2, 0) is 6.42 Å². The van der Waals surface area contributed by atoms with Gasteiger partial charge in [-0.2, -0.15) is 0 Å². The van der Waals surface area contributed by atoms with Crippen molar-refractivity contribution in [3.8, 4) is 0 Å². The van der Waals surface area contributed by atoms with Gasteiger partial charge in [-0.25, -0.2) is 0 Å². The summed E-state index contributed by atoms with van der Waals surface area (Å²) >= 11 is 3.66. The minimum atomic E-state index is 0.393. The molecule has 0 saturated heterocycles. The SMILES string of the molecule is CNC1CC(C)(C)Cc2c(Br)cccc21. The predicted octanol–water partition coefficient (Wildman–Crippen LogP) is 3.68. The summed E-state index contributed by atoms with van der Waals surface area (Å²) in [5.41, 5.74) is 3.34. The molecule has 2 heteroatoms. The van der Waals surface area contributed by atoms with Gasteiger partial charge in [0, 0.05) is 10.5 Å². The fourth-order valence-corrected chi connectivity index (χ4v) is 3.08. The lowest BCUT2D eigenvalue weighted by Gasteiger charge is -2.37. The van der Waals surface area contributed by atoms with E-state index in [9.17, 15) is 0 Å². The average Bonchev–Trinajstić information content (AvgIpc) is 2.17. The smallest absolute Gasteiger partial charge is 0.0325 e. The monoisotopic (exact) mass is 267 g/mol. The Balaban J connectivity index is 2.49. The summed E-state index contributed by atoms with van der Waals surface area (Å²) in [5, 5.41) is 3.42. The molecule has 1 aliphatic rings. The van der Waals surface area contributed by atoms with Crippen molar-refractivity contribution < 1.29 is 0 Å². The van der Waals surface area contributed by atoms with Gasteiger partial charge in [0.15, 0.2) is 0 Å². The molecule has 0 heterocycles. The predicted molar refractivity (Wildman–Crippen MR) is 68.0 cm³/mol. The Bertz CT molecular complexity index is 371. The van der Waals surface area contributed by atoms with Gasteiger partial charge in [0.2, 0.25) is 0 Å². The number of nitrogens with one attached hydrogen (secondary N) is 1. The highest BCUT2D eigenvalue weighted by atomic mass is 79.9. The highest BCUT2D eigenvalue weighted by Gasteiger charge is 2.32. The van der Waals surface area contributed by atoms with Gasteiger partial charge in [0.1, 0.15) is 0 Å². The molecule has 0 amide bonds. The number of rotatable bonds is 1. The van der Waals surface area contributed by atoms with Gasteiger partial charge in [-0.05, 0) is 42.5 Å². The van der Waals surface area contributed by atoms with E-state index in [2.05, 4.69) is 60.3 Å². The van der Waals surface area contributed by atoms with Crippen molar-refractivity contribution in [1.29, 1.82) is 0 Å². The number of fused-ring (bicyclic) bond motifs is 1. The van der Waals surface area contributed by atoms with E-state index in [0.29, 0.717) is 11.5 Å². The van der Waals surface area contributed by atoms with Crippen molar-refractivity contribution in [2.75, 3.05) is 7.05 Å². The zero-order valence-corrected chi connectivity index (χ0v) is 11.2. The van der Waals surface area contributed by atoms with Crippen LogP contribution in [0, 0.1) is 5.41 Å². The molecular formula is C13H18BrN. The third kappa shape index (κ3) is 2.11. The molecule has 0 aliphatic heterocycles. The van der Waals surface area contributed by atoms with Gasteiger partial charge in [-0.1, -0.05) is 41.9 Å². The minimum Gasteiger partial charge on any atom is -0.313 e. The summed E-state index contributed by atoms with van der Waals surface area (Å²) < 4.78 is 1.26. The number of benzene rings is 1. The van der Waals surface area contributed by atoms with E-state index in [1.54, 1.807) is 0 Å². The summed E-state index contributed by atoms with van der Waals surface area (Å²) in [5.74, 6) is 0. The van der Waals surface area contributed by atoms with Crippen LogP contribution >= 0.6 is 15.9 Å². The van der Waals surface area contributed by atoms with Gasteiger partial charge < -0.3 is 5.32 Å². The second-order valence-corrected chi connectivity index (χ2v) is 6.05. The molecule has 1 N–H and O–H groups in total. The summed E-state index contributed by atoms with van der Waals surface area (Å²) in [6, 6.07) is 7.02. The maximum Gasteiger partial charge on any atom is 0.0325 e.